The molecule has 16 heavy (non-hydrogen) atoms. The van der Waals surface area contributed by atoms with Crippen LogP contribution >= 0.6 is 0 Å². The van der Waals surface area contributed by atoms with Gasteiger partial charge in [0, 0.05) is 5.56 Å². The minimum absolute atomic E-state index is 0.563. The zero-order chi connectivity index (χ0) is 11.7. The molecule has 4 heteroatoms. The number of aliphatic hydroxyl groups excluding tert-OH is 1. The molecule has 1 atom stereocenters. The number of hydrogen-bond acceptors (Lipinski definition) is 4. The van der Waals surface area contributed by atoms with Gasteiger partial charge in [-0.05, 0) is 38.7 Å². The molecule has 1 N–H and O–H groups in total. The van der Waals surface area contributed by atoms with Gasteiger partial charge in [0.2, 0.25) is 0 Å². The highest BCUT2D eigenvalue weighted by Gasteiger charge is 2.19. The fraction of sp³-hybridized carbons (Fsp3) is 0.500. The lowest BCUT2D eigenvalue weighted by molar-refractivity contribution is 0.0385. The summed E-state index contributed by atoms with van der Waals surface area (Å²) >= 11 is 0. The van der Waals surface area contributed by atoms with Gasteiger partial charge >= 0.3 is 0 Å². The minimum Gasteiger partial charge on any atom is -0.486 e. The molecule has 1 aromatic carbocycles. The third-order valence-corrected chi connectivity index (χ3v) is 2.70. The molecule has 1 aromatic rings. The molecule has 88 valence electrons. The molecule has 1 aliphatic heterocycles. The lowest BCUT2D eigenvalue weighted by Gasteiger charge is -2.24. The second kappa shape index (κ2) is 4.31. The third-order valence-electron chi connectivity index (χ3n) is 2.70. The number of ether oxygens (including phenoxy) is 2. The Hall–Kier alpha value is -1.26. The molecule has 4 nitrogen and oxygen atoms in total. The van der Waals surface area contributed by atoms with Crippen LogP contribution in [0.1, 0.15) is 17.4 Å². The van der Waals surface area contributed by atoms with Gasteiger partial charge in [-0.1, -0.05) is 0 Å². The van der Waals surface area contributed by atoms with Crippen LogP contribution in [0.25, 0.3) is 0 Å². The molecule has 1 aliphatic rings. The van der Waals surface area contributed by atoms with Crippen molar-refractivity contribution in [3.05, 3.63) is 23.3 Å². The monoisotopic (exact) mass is 223 g/mol. The van der Waals surface area contributed by atoms with E-state index in [4.69, 9.17) is 9.47 Å². The van der Waals surface area contributed by atoms with E-state index < -0.39 is 6.23 Å². The normalized spacial score (nSPS) is 16.3. The molecule has 0 spiro atoms. The molecule has 0 saturated carbocycles. The van der Waals surface area contributed by atoms with E-state index in [-0.39, 0.29) is 0 Å². The Morgan fingerprint density at radius 1 is 1.19 bits per heavy atom. The number of nitrogens with zero attached hydrogens (tertiary/aromatic N) is 1. The summed E-state index contributed by atoms with van der Waals surface area (Å²) in [5, 5.41) is 10.0. The Bertz CT molecular complexity index is 390. The highest BCUT2D eigenvalue weighted by Crippen LogP contribution is 2.35. The second-order valence-electron chi connectivity index (χ2n) is 4.19. The maximum Gasteiger partial charge on any atom is 0.161 e. The Labute approximate surface area is 95.4 Å². The van der Waals surface area contributed by atoms with Gasteiger partial charge in [0.1, 0.15) is 19.4 Å². The van der Waals surface area contributed by atoms with Crippen molar-refractivity contribution in [3.8, 4) is 11.5 Å². The van der Waals surface area contributed by atoms with Gasteiger partial charge in [-0.3, -0.25) is 4.90 Å². The van der Waals surface area contributed by atoms with Crippen LogP contribution in [0.2, 0.25) is 0 Å². The lowest BCUT2D eigenvalue weighted by Crippen LogP contribution is -2.21. The van der Waals surface area contributed by atoms with Crippen LogP contribution in [-0.2, 0) is 0 Å². The molecule has 0 radical (unpaired) electrons. The van der Waals surface area contributed by atoms with Crippen molar-refractivity contribution in [1.29, 1.82) is 0 Å². The van der Waals surface area contributed by atoms with Crippen LogP contribution in [0.4, 0.5) is 0 Å². The van der Waals surface area contributed by atoms with Crippen LogP contribution < -0.4 is 9.47 Å². The van der Waals surface area contributed by atoms with Gasteiger partial charge in [0.15, 0.2) is 11.5 Å². The number of rotatable bonds is 2. The van der Waals surface area contributed by atoms with E-state index in [1.165, 1.54) is 0 Å². The largest absolute Gasteiger partial charge is 0.486 e. The lowest BCUT2D eigenvalue weighted by atomic mass is 10.1. The Morgan fingerprint density at radius 3 is 2.31 bits per heavy atom. The van der Waals surface area contributed by atoms with E-state index in [0.717, 1.165) is 16.9 Å². The van der Waals surface area contributed by atoms with Crippen molar-refractivity contribution in [2.24, 2.45) is 0 Å². The first kappa shape index (κ1) is 11.2. The maximum atomic E-state index is 10.0. The fourth-order valence-corrected chi connectivity index (χ4v) is 1.76. The first-order valence-electron chi connectivity index (χ1n) is 5.34. The van der Waals surface area contributed by atoms with Crippen molar-refractivity contribution in [1.82, 2.24) is 4.90 Å². The average molecular weight is 223 g/mol. The molecule has 0 fully saturated rings. The first-order valence-corrected chi connectivity index (χ1v) is 5.34. The molecule has 0 amide bonds. The highest BCUT2D eigenvalue weighted by molar-refractivity contribution is 5.48. The van der Waals surface area contributed by atoms with E-state index in [0.29, 0.717) is 19.0 Å². The topological polar surface area (TPSA) is 41.9 Å². The van der Waals surface area contributed by atoms with E-state index >= 15 is 0 Å². The van der Waals surface area contributed by atoms with Crippen LogP contribution in [0.5, 0.6) is 11.5 Å². The summed E-state index contributed by atoms with van der Waals surface area (Å²) in [6.45, 7) is 3.11. The predicted octanol–water partition coefficient (Wildman–Crippen LogP) is 1.32. The zero-order valence-corrected chi connectivity index (χ0v) is 9.86. The van der Waals surface area contributed by atoms with Crippen molar-refractivity contribution in [2.75, 3.05) is 27.3 Å². The van der Waals surface area contributed by atoms with Crippen molar-refractivity contribution in [2.45, 2.75) is 13.2 Å². The van der Waals surface area contributed by atoms with Gasteiger partial charge in [-0.15, -0.1) is 0 Å². The molecule has 1 heterocycles. The van der Waals surface area contributed by atoms with Crippen molar-refractivity contribution < 1.29 is 14.6 Å². The molecule has 0 bridgehead atoms. The molecular formula is C12H17NO3. The predicted molar refractivity (Wildman–Crippen MR) is 60.8 cm³/mol. The summed E-state index contributed by atoms with van der Waals surface area (Å²) in [7, 11) is 3.67. The SMILES string of the molecule is Cc1cc2c(cc1C(O)N(C)C)OCCO2. The van der Waals surface area contributed by atoms with Crippen molar-refractivity contribution >= 4 is 0 Å². The zero-order valence-electron chi connectivity index (χ0n) is 9.86. The fourth-order valence-electron chi connectivity index (χ4n) is 1.76. The highest BCUT2D eigenvalue weighted by atomic mass is 16.6. The van der Waals surface area contributed by atoms with Gasteiger partial charge in [-0.2, -0.15) is 0 Å². The molecular weight excluding hydrogens is 206 g/mol. The van der Waals surface area contributed by atoms with Gasteiger partial charge in [-0.25, -0.2) is 0 Å². The quantitative estimate of drug-likeness (QED) is 0.768. The summed E-state index contributed by atoms with van der Waals surface area (Å²) in [6, 6.07) is 3.77. The molecule has 0 aromatic heterocycles. The summed E-state index contributed by atoms with van der Waals surface area (Å²) in [5.74, 6) is 1.48. The second-order valence-corrected chi connectivity index (χ2v) is 4.19. The van der Waals surface area contributed by atoms with Gasteiger partial charge < -0.3 is 14.6 Å². The molecule has 1 unspecified atom stereocenters. The summed E-state index contributed by atoms with van der Waals surface area (Å²) in [6.07, 6.45) is -0.615. The van der Waals surface area contributed by atoms with E-state index in [1.54, 1.807) is 4.90 Å². The summed E-state index contributed by atoms with van der Waals surface area (Å²) < 4.78 is 11.0. The van der Waals surface area contributed by atoms with Crippen LogP contribution in [-0.4, -0.2) is 37.3 Å². The van der Waals surface area contributed by atoms with Gasteiger partial charge in [0.25, 0.3) is 0 Å². The van der Waals surface area contributed by atoms with Crippen LogP contribution in [0, 0.1) is 6.92 Å². The third kappa shape index (κ3) is 1.99. The van der Waals surface area contributed by atoms with Crippen molar-refractivity contribution in [3.63, 3.8) is 0 Å². The number of benzene rings is 1. The number of hydrogen-bond donors (Lipinski definition) is 1. The number of aryl methyl sites for hydroxylation is 1. The Morgan fingerprint density at radius 2 is 1.75 bits per heavy atom. The van der Waals surface area contributed by atoms with Crippen LogP contribution in [0.3, 0.4) is 0 Å². The van der Waals surface area contributed by atoms with E-state index in [9.17, 15) is 5.11 Å². The Kier molecular flexibility index (Phi) is 3.03. The molecule has 0 aliphatic carbocycles. The summed E-state index contributed by atoms with van der Waals surface area (Å²) in [4.78, 5) is 1.75. The molecule has 2 rings (SSSR count). The Balaban J connectivity index is 2.39. The van der Waals surface area contributed by atoms with Gasteiger partial charge in [0.05, 0.1) is 0 Å². The van der Waals surface area contributed by atoms with E-state index in [2.05, 4.69) is 0 Å². The number of fused-ring (bicyclic) bond motifs is 1. The smallest absolute Gasteiger partial charge is 0.161 e. The van der Waals surface area contributed by atoms with E-state index in [1.807, 2.05) is 33.2 Å². The maximum absolute atomic E-state index is 10.0. The first-order chi connectivity index (χ1) is 7.59. The minimum atomic E-state index is -0.615. The standard InChI is InChI=1S/C12H17NO3/c1-8-6-10-11(16-5-4-15-10)7-9(8)12(14)13(2)3/h6-7,12,14H,4-5H2,1-3H3. The molecule has 0 saturated heterocycles. The average Bonchev–Trinajstić information content (AvgIpc) is 2.27. The van der Waals surface area contributed by atoms with Crippen LogP contribution in [0.15, 0.2) is 12.1 Å². The summed E-state index contributed by atoms with van der Waals surface area (Å²) in [5.41, 5.74) is 1.86. The number of aliphatic hydroxyl groups is 1.